The molecule has 100 heavy (non-hydrogen) atoms. The standard InChI is InChI=1S/C87H57F6N7/c88-86(89,90)60-51-59(52-61(53-60)87(91,92)93)74-45-50-84(99-80-46-41-70(95(62-25-9-1-10-26-62)63-27-11-2-12-28-63)54-75(80)76-55-71(42-47-81(76)99)96(64-29-13-3-14-30-64)65-31-15-4-16-32-65)79(58-94)85(74)100-82-48-43-72(97(66-33-17-5-18-34-66)67-35-19-6-20-36-67)56-77(82)78-57-73(44-49-83(78)100)98(68-37-21-7-22-38-68)69-39-23-8-24-40-69/h1-57H. The molecule has 16 rings (SSSR count). The van der Waals surface area contributed by atoms with Crippen molar-refractivity contribution in [3.63, 3.8) is 0 Å². The fourth-order valence-electron chi connectivity index (χ4n) is 13.9. The molecule has 2 aromatic heterocycles. The van der Waals surface area contributed by atoms with Crippen molar-refractivity contribution in [1.29, 1.82) is 5.26 Å². The molecule has 0 unspecified atom stereocenters. The summed E-state index contributed by atoms with van der Waals surface area (Å²) < 4.78 is 95.8. The van der Waals surface area contributed by atoms with E-state index in [4.69, 9.17) is 0 Å². The van der Waals surface area contributed by atoms with Crippen molar-refractivity contribution in [2.24, 2.45) is 0 Å². The van der Waals surface area contributed by atoms with Crippen LogP contribution in [-0.4, -0.2) is 9.13 Å². The summed E-state index contributed by atoms with van der Waals surface area (Å²) in [5.41, 5.74) is 9.41. The minimum atomic E-state index is -5.20. The van der Waals surface area contributed by atoms with E-state index in [-0.39, 0.29) is 22.9 Å². The van der Waals surface area contributed by atoms with Gasteiger partial charge in [-0.2, -0.15) is 31.6 Å². The average molecular weight is 1310 g/mol. The highest BCUT2D eigenvalue weighted by atomic mass is 19.4. The Morgan fingerprint density at radius 3 is 0.750 bits per heavy atom. The summed E-state index contributed by atoms with van der Waals surface area (Å²) >= 11 is 0. The number of rotatable bonds is 15. The van der Waals surface area contributed by atoms with E-state index < -0.39 is 29.0 Å². The number of nitriles is 1. The molecule has 14 aromatic carbocycles. The summed E-state index contributed by atoms with van der Waals surface area (Å²) in [7, 11) is 0. The number of anilines is 12. The zero-order chi connectivity index (χ0) is 68.1. The van der Waals surface area contributed by atoms with E-state index in [0.29, 0.717) is 38.5 Å². The van der Waals surface area contributed by atoms with Gasteiger partial charge in [-0.25, -0.2) is 0 Å². The predicted octanol–water partition coefficient (Wildman–Crippen LogP) is 25.3. The second-order valence-electron chi connectivity index (χ2n) is 24.3. The summed E-state index contributed by atoms with van der Waals surface area (Å²) in [5.74, 6) is 0. The van der Waals surface area contributed by atoms with Crippen molar-refractivity contribution in [3.8, 4) is 28.6 Å². The second kappa shape index (κ2) is 25.5. The van der Waals surface area contributed by atoms with Crippen LogP contribution in [0.4, 0.5) is 94.6 Å². The van der Waals surface area contributed by atoms with E-state index >= 15 is 26.3 Å². The Kier molecular flexibility index (Phi) is 15.8. The quantitative estimate of drug-likeness (QED) is 0.0958. The molecule has 0 bridgehead atoms. The first-order valence-corrected chi connectivity index (χ1v) is 32.5. The third-order valence-electron chi connectivity index (χ3n) is 18.2. The van der Waals surface area contributed by atoms with Crippen LogP contribution in [0.25, 0.3) is 66.1 Å². The maximum absolute atomic E-state index is 15.3. The number of aromatic nitrogens is 2. The van der Waals surface area contributed by atoms with Crippen LogP contribution >= 0.6 is 0 Å². The number of hydrogen-bond donors (Lipinski definition) is 0. The zero-order valence-electron chi connectivity index (χ0n) is 53.3. The number of benzene rings is 14. The van der Waals surface area contributed by atoms with Crippen LogP contribution in [0.5, 0.6) is 0 Å². The molecule has 0 fully saturated rings. The predicted molar refractivity (Wildman–Crippen MR) is 394 cm³/mol. The molecule has 2 heterocycles. The lowest BCUT2D eigenvalue weighted by atomic mass is 9.94. The zero-order valence-corrected chi connectivity index (χ0v) is 53.3. The first-order valence-electron chi connectivity index (χ1n) is 32.5. The second-order valence-corrected chi connectivity index (χ2v) is 24.3. The number of halogens is 6. The van der Waals surface area contributed by atoms with Gasteiger partial charge in [0.25, 0.3) is 0 Å². The molecule has 0 radical (unpaired) electrons. The summed E-state index contributed by atoms with van der Waals surface area (Å²) in [6.45, 7) is 0. The molecule has 0 amide bonds. The summed E-state index contributed by atoms with van der Waals surface area (Å²) in [6.07, 6.45) is -10.4. The highest BCUT2D eigenvalue weighted by Gasteiger charge is 2.38. The number of hydrogen-bond acceptors (Lipinski definition) is 5. The van der Waals surface area contributed by atoms with Crippen LogP contribution in [0.2, 0.25) is 0 Å². The Balaban J connectivity index is 1.02. The van der Waals surface area contributed by atoms with Gasteiger partial charge in [-0.1, -0.05) is 152 Å². The van der Waals surface area contributed by atoms with Gasteiger partial charge in [0.1, 0.15) is 11.6 Å². The molecule has 0 aliphatic heterocycles. The van der Waals surface area contributed by atoms with Gasteiger partial charge in [0, 0.05) is 95.4 Å². The molecule has 16 aromatic rings. The largest absolute Gasteiger partial charge is 0.416 e. The Labute approximate surface area is 572 Å². The van der Waals surface area contributed by atoms with Crippen LogP contribution < -0.4 is 19.6 Å². The summed E-state index contributed by atoms with van der Waals surface area (Å²) in [6, 6.07) is 111. The van der Waals surface area contributed by atoms with Crippen molar-refractivity contribution in [2.45, 2.75) is 12.4 Å². The minimum absolute atomic E-state index is 0.0295. The molecular weight excluding hydrogens is 1260 g/mol. The Bertz CT molecular complexity index is 5240. The minimum Gasteiger partial charge on any atom is -0.310 e. The number of para-hydroxylation sites is 8. The lowest BCUT2D eigenvalue weighted by molar-refractivity contribution is -0.143. The van der Waals surface area contributed by atoms with Gasteiger partial charge in [0.05, 0.1) is 44.6 Å². The first kappa shape index (κ1) is 61.8. The van der Waals surface area contributed by atoms with E-state index in [1.807, 2.05) is 300 Å². The number of alkyl halides is 6. The topological polar surface area (TPSA) is 46.6 Å². The van der Waals surface area contributed by atoms with Gasteiger partial charge in [0.15, 0.2) is 0 Å². The van der Waals surface area contributed by atoms with E-state index in [0.717, 1.165) is 91.2 Å². The van der Waals surface area contributed by atoms with E-state index in [2.05, 4.69) is 49.9 Å². The highest BCUT2D eigenvalue weighted by molar-refractivity contribution is 6.15. The molecule has 0 atom stereocenters. The van der Waals surface area contributed by atoms with Gasteiger partial charge < -0.3 is 28.7 Å². The Hall–Kier alpha value is -13.1. The first-order chi connectivity index (χ1) is 48.9. The molecule has 0 aliphatic rings. The van der Waals surface area contributed by atoms with Crippen LogP contribution in [0.3, 0.4) is 0 Å². The lowest BCUT2D eigenvalue weighted by Crippen LogP contribution is -2.12. The molecule has 482 valence electrons. The SMILES string of the molecule is N#Cc1c(-n2c3ccc(N(c4ccccc4)c4ccccc4)cc3c3cc(N(c4ccccc4)c4ccccc4)ccc32)ccc(-c2cc(C(F)(F)F)cc(C(F)(F)F)c2)c1-n1c2ccc(N(c3ccccc3)c3ccccc3)cc2c2cc(N(c3ccccc3)c3ccccc3)ccc21. The molecule has 0 saturated carbocycles. The Morgan fingerprint density at radius 2 is 0.510 bits per heavy atom. The monoisotopic (exact) mass is 1310 g/mol. The maximum Gasteiger partial charge on any atom is 0.416 e. The number of fused-ring (bicyclic) bond motifs is 6. The maximum atomic E-state index is 15.3. The normalized spacial score (nSPS) is 11.7. The third kappa shape index (κ3) is 11.3. The molecule has 7 nitrogen and oxygen atoms in total. The van der Waals surface area contributed by atoms with Crippen LogP contribution in [0.1, 0.15) is 16.7 Å². The van der Waals surface area contributed by atoms with Crippen molar-refractivity contribution in [3.05, 3.63) is 362 Å². The molecule has 0 saturated heterocycles. The molecule has 0 N–H and O–H groups in total. The van der Waals surface area contributed by atoms with Crippen molar-refractivity contribution in [2.75, 3.05) is 19.6 Å². The van der Waals surface area contributed by atoms with E-state index in [1.165, 1.54) is 0 Å². The third-order valence-corrected chi connectivity index (χ3v) is 18.2. The van der Waals surface area contributed by atoms with Gasteiger partial charge >= 0.3 is 12.4 Å². The fraction of sp³-hybridized carbons (Fsp3) is 0.0230. The van der Waals surface area contributed by atoms with E-state index in [1.54, 1.807) is 12.1 Å². The molecule has 0 aliphatic carbocycles. The van der Waals surface area contributed by atoms with Crippen LogP contribution in [0, 0.1) is 11.3 Å². The molecular formula is C87H57F6N7. The molecule has 0 spiro atoms. The summed E-state index contributed by atoms with van der Waals surface area (Å²) in [4.78, 5) is 8.58. The lowest BCUT2D eigenvalue weighted by Gasteiger charge is -2.26. The smallest absolute Gasteiger partial charge is 0.310 e. The van der Waals surface area contributed by atoms with Crippen molar-refractivity contribution in [1.82, 2.24) is 9.13 Å². The van der Waals surface area contributed by atoms with E-state index in [9.17, 15) is 5.26 Å². The van der Waals surface area contributed by atoms with Gasteiger partial charge in [-0.15, -0.1) is 0 Å². The number of nitrogens with zero attached hydrogens (tertiary/aromatic N) is 7. The van der Waals surface area contributed by atoms with Crippen molar-refractivity contribution < 1.29 is 26.3 Å². The highest BCUT2D eigenvalue weighted by Crippen LogP contribution is 2.50. The van der Waals surface area contributed by atoms with Gasteiger partial charge in [-0.3, -0.25) is 0 Å². The average Bonchev–Trinajstić information content (AvgIpc) is 1.62. The fourth-order valence-corrected chi connectivity index (χ4v) is 13.9. The van der Waals surface area contributed by atoms with Gasteiger partial charge in [0.2, 0.25) is 0 Å². The summed E-state index contributed by atoms with van der Waals surface area (Å²) in [5, 5.41) is 15.4. The van der Waals surface area contributed by atoms with Crippen molar-refractivity contribution >= 4 is 112 Å². The Morgan fingerprint density at radius 1 is 0.260 bits per heavy atom. The molecule has 13 heteroatoms. The van der Waals surface area contributed by atoms with Gasteiger partial charge in [-0.05, 0) is 200 Å². The van der Waals surface area contributed by atoms with Crippen LogP contribution in [0.15, 0.2) is 346 Å². The van der Waals surface area contributed by atoms with Crippen LogP contribution in [-0.2, 0) is 12.4 Å².